The standard InChI is InChI=1S/C12H16F2N6/c1-20-10(3-6-17-20)8-7-9(11(13)14)19-12(18-8)16-5-2-4-15/h3,6-7,11H,2,4-5,15H2,1H3,(H,16,18,19). The van der Waals surface area contributed by atoms with E-state index in [9.17, 15) is 8.78 Å². The van der Waals surface area contributed by atoms with Gasteiger partial charge in [-0.25, -0.2) is 18.7 Å². The van der Waals surface area contributed by atoms with Crippen LogP contribution in [0.15, 0.2) is 18.3 Å². The largest absolute Gasteiger partial charge is 0.354 e. The Bertz CT molecular complexity index is 569. The summed E-state index contributed by atoms with van der Waals surface area (Å²) in [7, 11) is 1.72. The second kappa shape index (κ2) is 6.38. The third-order valence-electron chi connectivity index (χ3n) is 2.72. The van der Waals surface area contributed by atoms with Crippen LogP contribution in [0, 0.1) is 0 Å². The molecule has 0 aromatic carbocycles. The highest BCUT2D eigenvalue weighted by Crippen LogP contribution is 2.24. The molecule has 108 valence electrons. The Labute approximate surface area is 115 Å². The molecule has 0 saturated heterocycles. The number of halogens is 2. The minimum atomic E-state index is -2.65. The van der Waals surface area contributed by atoms with E-state index in [4.69, 9.17) is 5.73 Å². The Morgan fingerprint density at radius 3 is 2.80 bits per heavy atom. The number of nitrogens with one attached hydrogen (secondary N) is 1. The van der Waals surface area contributed by atoms with E-state index in [-0.39, 0.29) is 11.6 Å². The summed E-state index contributed by atoms with van der Waals surface area (Å²) >= 11 is 0. The number of anilines is 1. The zero-order valence-corrected chi connectivity index (χ0v) is 11.1. The van der Waals surface area contributed by atoms with Crippen molar-refractivity contribution in [2.75, 3.05) is 18.4 Å². The van der Waals surface area contributed by atoms with Gasteiger partial charge in [0, 0.05) is 19.8 Å². The molecule has 8 heteroatoms. The van der Waals surface area contributed by atoms with Crippen LogP contribution in [-0.4, -0.2) is 32.8 Å². The van der Waals surface area contributed by atoms with Crippen molar-refractivity contribution in [2.24, 2.45) is 12.8 Å². The van der Waals surface area contributed by atoms with Crippen molar-refractivity contribution in [1.82, 2.24) is 19.7 Å². The molecule has 0 bridgehead atoms. The van der Waals surface area contributed by atoms with Gasteiger partial charge in [-0.15, -0.1) is 0 Å². The van der Waals surface area contributed by atoms with Crippen LogP contribution in [0.1, 0.15) is 18.5 Å². The predicted molar refractivity (Wildman–Crippen MR) is 71.4 cm³/mol. The van der Waals surface area contributed by atoms with Gasteiger partial charge in [-0.3, -0.25) is 4.68 Å². The number of nitrogens with zero attached hydrogens (tertiary/aromatic N) is 4. The normalized spacial score (nSPS) is 11.1. The third kappa shape index (κ3) is 3.27. The summed E-state index contributed by atoms with van der Waals surface area (Å²) in [5.41, 5.74) is 6.13. The van der Waals surface area contributed by atoms with Gasteiger partial charge in [0.15, 0.2) is 0 Å². The van der Waals surface area contributed by atoms with E-state index in [1.54, 1.807) is 24.0 Å². The van der Waals surface area contributed by atoms with Crippen molar-refractivity contribution in [3.63, 3.8) is 0 Å². The average Bonchev–Trinajstić information content (AvgIpc) is 2.85. The van der Waals surface area contributed by atoms with Gasteiger partial charge in [-0.05, 0) is 25.1 Å². The molecule has 2 aromatic rings. The molecular weight excluding hydrogens is 266 g/mol. The van der Waals surface area contributed by atoms with Crippen molar-refractivity contribution in [3.8, 4) is 11.4 Å². The highest BCUT2D eigenvalue weighted by atomic mass is 19.3. The first-order valence-electron chi connectivity index (χ1n) is 6.21. The molecule has 6 nitrogen and oxygen atoms in total. The number of aryl methyl sites for hydroxylation is 1. The molecule has 0 amide bonds. The molecule has 0 atom stereocenters. The molecule has 0 aliphatic heterocycles. The monoisotopic (exact) mass is 282 g/mol. The van der Waals surface area contributed by atoms with Crippen molar-refractivity contribution < 1.29 is 8.78 Å². The van der Waals surface area contributed by atoms with E-state index in [0.29, 0.717) is 30.9 Å². The smallest absolute Gasteiger partial charge is 0.280 e. The van der Waals surface area contributed by atoms with E-state index < -0.39 is 6.43 Å². The summed E-state index contributed by atoms with van der Waals surface area (Å²) in [6.07, 6.45) is -0.357. The minimum Gasteiger partial charge on any atom is -0.354 e. The SMILES string of the molecule is Cn1nccc1-c1cc(C(F)F)nc(NCCCN)n1. The van der Waals surface area contributed by atoms with Crippen LogP contribution in [0.4, 0.5) is 14.7 Å². The van der Waals surface area contributed by atoms with Gasteiger partial charge in [-0.2, -0.15) is 5.10 Å². The summed E-state index contributed by atoms with van der Waals surface area (Å²) in [4.78, 5) is 8.04. The lowest BCUT2D eigenvalue weighted by atomic mass is 10.2. The fourth-order valence-corrected chi connectivity index (χ4v) is 1.72. The predicted octanol–water partition coefficient (Wildman–Crippen LogP) is 1.58. The minimum absolute atomic E-state index is 0.174. The topological polar surface area (TPSA) is 81.7 Å². The molecule has 2 heterocycles. The molecule has 0 fully saturated rings. The number of hydrogen-bond donors (Lipinski definition) is 2. The summed E-state index contributed by atoms with van der Waals surface area (Å²) in [6.45, 7) is 1.05. The van der Waals surface area contributed by atoms with Gasteiger partial charge >= 0.3 is 0 Å². The molecule has 0 unspecified atom stereocenters. The van der Waals surface area contributed by atoms with Gasteiger partial charge in [0.25, 0.3) is 6.43 Å². The van der Waals surface area contributed by atoms with Gasteiger partial charge in [0.05, 0.1) is 11.4 Å². The Balaban J connectivity index is 2.34. The van der Waals surface area contributed by atoms with Gasteiger partial charge < -0.3 is 11.1 Å². The van der Waals surface area contributed by atoms with Gasteiger partial charge in [0.1, 0.15) is 5.69 Å². The highest BCUT2D eigenvalue weighted by molar-refractivity contribution is 5.56. The highest BCUT2D eigenvalue weighted by Gasteiger charge is 2.15. The number of aromatic nitrogens is 4. The number of nitrogens with two attached hydrogens (primary N) is 1. The average molecular weight is 282 g/mol. The van der Waals surface area contributed by atoms with Crippen molar-refractivity contribution in [1.29, 1.82) is 0 Å². The van der Waals surface area contributed by atoms with Crippen LogP contribution in [0.2, 0.25) is 0 Å². The zero-order chi connectivity index (χ0) is 14.5. The van der Waals surface area contributed by atoms with E-state index >= 15 is 0 Å². The molecule has 0 saturated carbocycles. The molecule has 2 rings (SSSR count). The summed E-state index contributed by atoms with van der Waals surface area (Å²) in [5.74, 6) is 0.174. The Kier molecular flexibility index (Phi) is 4.57. The summed E-state index contributed by atoms with van der Waals surface area (Å²) < 4.78 is 27.4. The van der Waals surface area contributed by atoms with E-state index in [1.165, 1.54) is 6.07 Å². The van der Waals surface area contributed by atoms with Gasteiger partial charge in [-0.1, -0.05) is 0 Å². The van der Waals surface area contributed by atoms with Crippen molar-refractivity contribution in [3.05, 3.63) is 24.0 Å². The summed E-state index contributed by atoms with van der Waals surface area (Å²) in [6, 6.07) is 2.98. The van der Waals surface area contributed by atoms with E-state index in [0.717, 1.165) is 0 Å². The Morgan fingerprint density at radius 1 is 1.40 bits per heavy atom. The second-order valence-corrected chi connectivity index (χ2v) is 4.21. The quantitative estimate of drug-likeness (QED) is 0.786. The third-order valence-corrected chi connectivity index (χ3v) is 2.72. The first-order valence-corrected chi connectivity index (χ1v) is 6.21. The fourth-order valence-electron chi connectivity index (χ4n) is 1.72. The maximum atomic E-state index is 12.9. The lowest BCUT2D eigenvalue weighted by Crippen LogP contribution is -2.12. The van der Waals surface area contributed by atoms with E-state index in [1.807, 2.05) is 0 Å². The Morgan fingerprint density at radius 2 is 2.20 bits per heavy atom. The Hall–Kier alpha value is -2.09. The number of rotatable bonds is 6. The molecule has 3 N–H and O–H groups in total. The van der Waals surface area contributed by atoms with Crippen LogP contribution in [0.3, 0.4) is 0 Å². The van der Waals surface area contributed by atoms with E-state index in [2.05, 4.69) is 20.4 Å². The van der Waals surface area contributed by atoms with Crippen LogP contribution < -0.4 is 11.1 Å². The zero-order valence-electron chi connectivity index (χ0n) is 11.1. The molecule has 0 radical (unpaired) electrons. The first-order chi connectivity index (χ1) is 9.61. The van der Waals surface area contributed by atoms with Gasteiger partial charge in [0.2, 0.25) is 5.95 Å². The molecule has 0 aliphatic carbocycles. The molecule has 0 aliphatic rings. The van der Waals surface area contributed by atoms with Crippen LogP contribution in [0.25, 0.3) is 11.4 Å². The number of hydrogen-bond acceptors (Lipinski definition) is 5. The molecule has 20 heavy (non-hydrogen) atoms. The molecular formula is C12H16F2N6. The maximum Gasteiger partial charge on any atom is 0.280 e. The van der Waals surface area contributed by atoms with Crippen LogP contribution in [-0.2, 0) is 7.05 Å². The summed E-state index contributed by atoms with van der Waals surface area (Å²) in [5, 5.41) is 6.90. The molecule has 0 spiro atoms. The fraction of sp³-hybridized carbons (Fsp3) is 0.417. The van der Waals surface area contributed by atoms with Crippen LogP contribution >= 0.6 is 0 Å². The lowest BCUT2D eigenvalue weighted by molar-refractivity contribution is 0.146. The van der Waals surface area contributed by atoms with Crippen LogP contribution in [0.5, 0.6) is 0 Å². The molecule has 2 aromatic heterocycles. The first kappa shape index (κ1) is 14.3. The lowest BCUT2D eigenvalue weighted by Gasteiger charge is -2.09. The number of alkyl halides is 2. The van der Waals surface area contributed by atoms with Crippen molar-refractivity contribution in [2.45, 2.75) is 12.8 Å². The maximum absolute atomic E-state index is 12.9. The van der Waals surface area contributed by atoms with Crippen molar-refractivity contribution >= 4 is 5.95 Å². The second-order valence-electron chi connectivity index (χ2n) is 4.21.